The van der Waals surface area contributed by atoms with E-state index in [2.05, 4.69) is 22.1 Å². The minimum atomic E-state index is -0.190. The Labute approximate surface area is 69.9 Å². The molecule has 1 aliphatic heterocycles. The summed E-state index contributed by atoms with van der Waals surface area (Å²) in [4.78, 5) is 0. The highest BCUT2D eigenvalue weighted by Gasteiger charge is 2.26. The standard InChI is InChI=1S/C8H11NOS/c10-8-4-9-3-7(8)6-1-2-11-5-6/h1-2,5,7-10H,3-4H2. The summed E-state index contributed by atoms with van der Waals surface area (Å²) in [6.07, 6.45) is -0.190. The van der Waals surface area contributed by atoms with Gasteiger partial charge in [-0.15, -0.1) is 0 Å². The molecular formula is C8H11NOS. The molecule has 0 saturated carbocycles. The molecule has 1 aliphatic rings. The fourth-order valence-corrected chi connectivity index (χ4v) is 2.22. The number of hydrogen-bond donors (Lipinski definition) is 2. The Hall–Kier alpha value is -0.380. The Balaban J connectivity index is 2.16. The second kappa shape index (κ2) is 2.93. The highest BCUT2D eigenvalue weighted by Crippen LogP contribution is 2.24. The van der Waals surface area contributed by atoms with Crippen molar-refractivity contribution in [3.8, 4) is 0 Å². The van der Waals surface area contributed by atoms with Gasteiger partial charge in [-0.2, -0.15) is 11.3 Å². The maximum atomic E-state index is 9.50. The average molecular weight is 169 g/mol. The van der Waals surface area contributed by atoms with Crippen LogP contribution in [0.25, 0.3) is 0 Å². The molecule has 2 atom stereocenters. The lowest BCUT2D eigenvalue weighted by Gasteiger charge is -2.10. The molecule has 2 N–H and O–H groups in total. The van der Waals surface area contributed by atoms with E-state index in [1.165, 1.54) is 5.56 Å². The third-order valence-electron chi connectivity index (χ3n) is 2.15. The van der Waals surface area contributed by atoms with Crippen molar-refractivity contribution in [2.45, 2.75) is 12.0 Å². The molecule has 0 aliphatic carbocycles. The molecule has 2 rings (SSSR count). The van der Waals surface area contributed by atoms with Crippen LogP contribution >= 0.6 is 11.3 Å². The smallest absolute Gasteiger partial charge is 0.0745 e. The minimum absolute atomic E-state index is 0.190. The van der Waals surface area contributed by atoms with E-state index in [1.54, 1.807) is 11.3 Å². The van der Waals surface area contributed by atoms with Crippen molar-refractivity contribution in [3.63, 3.8) is 0 Å². The lowest BCUT2D eigenvalue weighted by molar-refractivity contribution is 0.178. The summed E-state index contributed by atoms with van der Waals surface area (Å²) in [6, 6.07) is 2.09. The molecule has 1 aromatic rings. The predicted molar refractivity (Wildman–Crippen MR) is 45.9 cm³/mol. The van der Waals surface area contributed by atoms with E-state index in [0.29, 0.717) is 5.92 Å². The van der Waals surface area contributed by atoms with Gasteiger partial charge in [-0.05, 0) is 22.4 Å². The van der Waals surface area contributed by atoms with Crippen molar-refractivity contribution in [1.29, 1.82) is 0 Å². The van der Waals surface area contributed by atoms with Gasteiger partial charge in [0.05, 0.1) is 6.10 Å². The largest absolute Gasteiger partial charge is 0.391 e. The Morgan fingerprint density at radius 1 is 1.55 bits per heavy atom. The number of aliphatic hydroxyl groups is 1. The van der Waals surface area contributed by atoms with E-state index < -0.39 is 0 Å². The Kier molecular flexibility index (Phi) is 1.94. The van der Waals surface area contributed by atoms with Crippen LogP contribution in [0.5, 0.6) is 0 Å². The number of hydrogen-bond acceptors (Lipinski definition) is 3. The third-order valence-corrected chi connectivity index (χ3v) is 2.85. The van der Waals surface area contributed by atoms with E-state index in [-0.39, 0.29) is 6.10 Å². The van der Waals surface area contributed by atoms with Gasteiger partial charge in [0.1, 0.15) is 0 Å². The molecule has 3 heteroatoms. The molecule has 1 saturated heterocycles. The SMILES string of the molecule is OC1CNCC1c1ccsc1. The quantitative estimate of drug-likeness (QED) is 0.651. The summed E-state index contributed by atoms with van der Waals surface area (Å²) < 4.78 is 0. The maximum Gasteiger partial charge on any atom is 0.0745 e. The van der Waals surface area contributed by atoms with Crippen LogP contribution in [0.15, 0.2) is 16.8 Å². The molecule has 2 nitrogen and oxygen atoms in total. The van der Waals surface area contributed by atoms with E-state index >= 15 is 0 Å². The number of β-amino-alcohol motifs (C(OH)–C–C–N with tert-alkyl or cyclic N) is 1. The Morgan fingerprint density at radius 2 is 2.45 bits per heavy atom. The molecule has 0 bridgehead atoms. The summed E-state index contributed by atoms with van der Waals surface area (Å²) in [7, 11) is 0. The van der Waals surface area contributed by atoms with E-state index in [4.69, 9.17) is 0 Å². The van der Waals surface area contributed by atoms with Crippen LogP contribution in [0, 0.1) is 0 Å². The van der Waals surface area contributed by atoms with Crippen molar-refractivity contribution in [2.24, 2.45) is 0 Å². The molecule has 0 radical (unpaired) electrons. The van der Waals surface area contributed by atoms with Gasteiger partial charge in [-0.3, -0.25) is 0 Å². The van der Waals surface area contributed by atoms with Crippen LogP contribution in [0.1, 0.15) is 11.5 Å². The number of nitrogens with one attached hydrogen (secondary N) is 1. The zero-order chi connectivity index (χ0) is 7.68. The number of thiophene rings is 1. The first-order valence-electron chi connectivity index (χ1n) is 3.79. The third kappa shape index (κ3) is 1.31. The minimum Gasteiger partial charge on any atom is -0.391 e. The van der Waals surface area contributed by atoms with Crippen LogP contribution in [-0.2, 0) is 0 Å². The summed E-state index contributed by atoms with van der Waals surface area (Å²) >= 11 is 1.69. The second-order valence-electron chi connectivity index (χ2n) is 2.89. The monoisotopic (exact) mass is 169 g/mol. The molecular weight excluding hydrogens is 158 g/mol. The average Bonchev–Trinajstić information content (AvgIpc) is 2.55. The van der Waals surface area contributed by atoms with Gasteiger partial charge in [0.2, 0.25) is 0 Å². The molecule has 11 heavy (non-hydrogen) atoms. The Bertz CT molecular complexity index is 222. The second-order valence-corrected chi connectivity index (χ2v) is 3.67. The fourth-order valence-electron chi connectivity index (χ4n) is 1.49. The lowest BCUT2D eigenvalue weighted by Crippen LogP contribution is -2.15. The molecule has 0 amide bonds. The normalized spacial score (nSPS) is 31.0. The Morgan fingerprint density at radius 3 is 3.00 bits per heavy atom. The summed E-state index contributed by atoms with van der Waals surface area (Å²) in [5.41, 5.74) is 1.27. The van der Waals surface area contributed by atoms with Crippen molar-refractivity contribution in [3.05, 3.63) is 22.4 Å². The van der Waals surface area contributed by atoms with Crippen molar-refractivity contribution in [1.82, 2.24) is 5.32 Å². The van der Waals surface area contributed by atoms with Crippen molar-refractivity contribution >= 4 is 11.3 Å². The molecule has 1 fully saturated rings. The number of rotatable bonds is 1. The van der Waals surface area contributed by atoms with E-state index in [9.17, 15) is 5.11 Å². The first-order valence-corrected chi connectivity index (χ1v) is 4.73. The summed E-state index contributed by atoms with van der Waals surface area (Å²) in [5.74, 6) is 0.321. The fraction of sp³-hybridized carbons (Fsp3) is 0.500. The van der Waals surface area contributed by atoms with Crippen molar-refractivity contribution < 1.29 is 5.11 Å². The molecule has 2 heterocycles. The lowest BCUT2D eigenvalue weighted by atomic mass is 10.00. The van der Waals surface area contributed by atoms with Crippen LogP contribution < -0.4 is 5.32 Å². The zero-order valence-electron chi connectivity index (χ0n) is 6.16. The first kappa shape index (κ1) is 7.28. The molecule has 0 spiro atoms. The molecule has 60 valence electrons. The number of aliphatic hydroxyl groups excluding tert-OH is 1. The van der Waals surface area contributed by atoms with Crippen LogP contribution in [0.2, 0.25) is 0 Å². The topological polar surface area (TPSA) is 32.3 Å². The molecule has 1 aromatic heterocycles. The van der Waals surface area contributed by atoms with Gasteiger partial charge in [0.15, 0.2) is 0 Å². The maximum absolute atomic E-state index is 9.50. The highest BCUT2D eigenvalue weighted by atomic mass is 32.1. The summed E-state index contributed by atoms with van der Waals surface area (Å²) in [5, 5.41) is 16.8. The first-order chi connectivity index (χ1) is 5.38. The van der Waals surface area contributed by atoms with Gasteiger partial charge < -0.3 is 10.4 Å². The van der Waals surface area contributed by atoms with Gasteiger partial charge in [0, 0.05) is 19.0 Å². The van der Waals surface area contributed by atoms with Gasteiger partial charge >= 0.3 is 0 Å². The van der Waals surface area contributed by atoms with Crippen molar-refractivity contribution in [2.75, 3.05) is 13.1 Å². The van der Waals surface area contributed by atoms with E-state index in [1.807, 2.05) is 0 Å². The van der Waals surface area contributed by atoms with Crippen LogP contribution in [0.4, 0.5) is 0 Å². The van der Waals surface area contributed by atoms with Gasteiger partial charge in [-0.1, -0.05) is 0 Å². The van der Waals surface area contributed by atoms with Crippen LogP contribution in [-0.4, -0.2) is 24.3 Å². The van der Waals surface area contributed by atoms with Gasteiger partial charge in [-0.25, -0.2) is 0 Å². The van der Waals surface area contributed by atoms with Crippen LogP contribution in [0.3, 0.4) is 0 Å². The van der Waals surface area contributed by atoms with E-state index in [0.717, 1.165) is 13.1 Å². The molecule has 2 unspecified atom stereocenters. The highest BCUT2D eigenvalue weighted by molar-refractivity contribution is 7.07. The van der Waals surface area contributed by atoms with Gasteiger partial charge in [0.25, 0.3) is 0 Å². The zero-order valence-corrected chi connectivity index (χ0v) is 6.97. The predicted octanol–water partition coefficient (Wildman–Crippen LogP) is 0.796. The summed E-state index contributed by atoms with van der Waals surface area (Å²) in [6.45, 7) is 1.65. The molecule has 0 aromatic carbocycles.